The second-order valence-electron chi connectivity index (χ2n) is 3.33. The van der Waals surface area contributed by atoms with E-state index in [-0.39, 0.29) is 12.8 Å². The summed E-state index contributed by atoms with van der Waals surface area (Å²) in [5.41, 5.74) is -7.11. The van der Waals surface area contributed by atoms with Crippen LogP contribution in [0.4, 0.5) is 17.7 Å². The van der Waals surface area contributed by atoms with Crippen molar-refractivity contribution >= 4 is 21.7 Å². The molecule has 0 aromatic heterocycles. The van der Waals surface area contributed by atoms with Crippen LogP contribution in [-0.2, 0) is 14.4 Å². The minimum atomic E-state index is -5.98. The van der Waals surface area contributed by atoms with Gasteiger partial charge in [0.15, 0.2) is 6.54 Å². The van der Waals surface area contributed by atoms with Crippen LogP contribution in [0.1, 0.15) is 19.3 Å². The number of alkyl halides is 4. The lowest BCUT2D eigenvalue weighted by Crippen LogP contribution is -2.51. The number of piperidine rings is 1. The van der Waals surface area contributed by atoms with Crippen molar-refractivity contribution in [3.8, 4) is 0 Å². The van der Waals surface area contributed by atoms with Crippen LogP contribution < -0.4 is 0 Å². The van der Waals surface area contributed by atoms with Crippen LogP contribution in [0.3, 0.4) is 0 Å². The number of hydrogen-bond donors (Lipinski definition) is 0. The molecule has 2 atom stereocenters. The van der Waals surface area contributed by atoms with Crippen LogP contribution in [0.25, 0.3) is 0 Å². The highest BCUT2D eigenvalue weighted by atomic mass is 35.5. The highest BCUT2D eigenvalue weighted by molar-refractivity contribution is 7.87. The van der Waals surface area contributed by atoms with E-state index in [9.17, 15) is 26.1 Å². The predicted octanol–water partition coefficient (Wildman–Crippen LogP) is 2.22. The molecule has 1 saturated heterocycles. The number of rotatable bonds is 2. The first-order valence-electron chi connectivity index (χ1n) is 4.32. The van der Waals surface area contributed by atoms with Crippen LogP contribution in [0.2, 0.25) is 0 Å². The first kappa shape index (κ1) is 13.9. The summed E-state index contributed by atoms with van der Waals surface area (Å²) in [4.78, 5) is -2.26. The maximum absolute atomic E-state index is 13.7. The largest absolute Gasteiger partial charge is 0.528 e. The summed E-state index contributed by atoms with van der Waals surface area (Å²) in [5, 5.41) is 0. The maximum Gasteiger partial charge on any atom is 0.528 e. The molecule has 16 heavy (non-hydrogen) atoms. The van der Waals surface area contributed by atoms with E-state index in [0.717, 1.165) is 0 Å². The molecule has 0 spiro atoms. The fourth-order valence-corrected chi connectivity index (χ4v) is 2.19. The molecule has 1 fully saturated rings. The molecule has 10 heteroatoms. The van der Waals surface area contributed by atoms with E-state index in [1.807, 2.05) is 0 Å². The molecule has 2 unspecified atom stereocenters. The molecule has 0 saturated carbocycles. The fourth-order valence-electron chi connectivity index (χ4n) is 1.26. The lowest BCUT2D eigenvalue weighted by molar-refractivity contribution is -1.20. The van der Waals surface area contributed by atoms with Crippen molar-refractivity contribution in [2.24, 2.45) is 0 Å². The summed E-state index contributed by atoms with van der Waals surface area (Å²) in [7, 11) is -5.98. The van der Waals surface area contributed by atoms with E-state index in [0.29, 0.717) is 6.42 Å². The van der Waals surface area contributed by atoms with Gasteiger partial charge in [0, 0.05) is 22.2 Å². The molecule has 0 radical (unpaired) electrons. The Kier molecular flexibility index (Phi) is 3.73. The van der Waals surface area contributed by atoms with Gasteiger partial charge in [-0.25, -0.2) is 0 Å². The Morgan fingerprint density at radius 1 is 1.31 bits per heavy atom. The number of hydroxylamine groups is 2. The fraction of sp³-hybridized carbons (Fsp3) is 1.00. The highest BCUT2D eigenvalue weighted by Crippen LogP contribution is 2.35. The average molecular weight is 287 g/mol. The molecule has 0 amide bonds. The quantitative estimate of drug-likeness (QED) is 0.257. The smallest absolute Gasteiger partial charge is 0.184 e. The van der Waals surface area contributed by atoms with E-state index in [1.54, 1.807) is 0 Å². The minimum absolute atomic E-state index is 0.0471. The monoisotopic (exact) mass is 286 g/mol. The third kappa shape index (κ3) is 2.76. The topological polar surface area (TPSA) is 43.4 Å². The number of nitrogens with zero attached hydrogens (tertiary/aromatic N) is 1. The van der Waals surface area contributed by atoms with Crippen molar-refractivity contribution < 1.29 is 35.2 Å². The zero-order valence-electron chi connectivity index (χ0n) is 7.88. The van der Waals surface area contributed by atoms with Gasteiger partial charge in [-0.3, -0.25) is 0 Å². The second kappa shape index (κ2) is 4.28. The summed E-state index contributed by atoms with van der Waals surface area (Å²) in [5.74, 6) is 0. The zero-order chi connectivity index (χ0) is 12.6. The van der Waals surface area contributed by atoms with Crippen molar-refractivity contribution in [3.63, 3.8) is 0 Å². The first-order valence-corrected chi connectivity index (χ1v) is 6.17. The van der Waals surface area contributed by atoms with Crippen molar-refractivity contribution in [3.05, 3.63) is 0 Å². The zero-order valence-corrected chi connectivity index (χ0v) is 9.45. The number of hydrogen-bond acceptors (Lipinski definition) is 3. The first-order chi connectivity index (χ1) is 7.08. The summed E-state index contributed by atoms with van der Waals surface area (Å²) in [6.07, 6.45) is 0.756. The Labute approximate surface area is 94.3 Å². The van der Waals surface area contributed by atoms with Gasteiger partial charge in [0.25, 0.3) is 0 Å². The van der Waals surface area contributed by atoms with Crippen LogP contribution in [0.15, 0.2) is 0 Å². The Balaban J connectivity index is 2.87. The number of quaternary nitrogens is 1. The summed E-state index contributed by atoms with van der Waals surface area (Å²) < 4.78 is 74.3. The van der Waals surface area contributed by atoms with Crippen molar-refractivity contribution in [1.82, 2.24) is 0 Å². The molecule has 4 nitrogen and oxygen atoms in total. The lowest BCUT2D eigenvalue weighted by atomic mass is 10.2. The van der Waals surface area contributed by atoms with E-state index >= 15 is 0 Å². The standard InChI is InChI=1S/C6H9ClF4NO3S/c7-5-3-1-2-4-12(5,11)15-16(13,14)6(8,9)10/h5H,1-4H2/q+1. The maximum atomic E-state index is 13.7. The molecule has 0 N–H and O–H groups in total. The molecule has 0 bridgehead atoms. The van der Waals surface area contributed by atoms with Crippen LogP contribution in [0, 0.1) is 0 Å². The third-order valence-corrected chi connectivity index (χ3v) is 3.60. The average Bonchev–Trinajstić information content (AvgIpc) is 2.07. The van der Waals surface area contributed by atoms with Gasteiger partial charge in [0.1, 0.15) is 0 Å². The van der Waals surface area contributed by atoms with Gasteiger partial charge in [0.05, 0.1) is 0 Å². The summed E-state index contributed by atoms with van der Waals surface area (Å²) in [6, 6.07) is 0. The van der Waals surface area contributed by atoms with Gasteiger partial charge >= 0.3 is 15.6 Å². The van der Waals surface area contributed by atoms with Crippen LogP contribution in [0.5, 0.6) is 0 Å². The van der Waals surface area contributed by atoms with Gasteiger partial charge in [0.2, 0.25) is 5.50 Å². The van der Waals surface area contributed by atoms with Gasteiger partial charge < -0.3 is 0 Å². The van der Waals surface area contributed by atoms with E-state index < -0.39 is 32.5 Å². The molecule has 96 valence electrons. The van der Waals surface area contributed by atoms with Gasteiger partial charge in [-0.15, -0.1) is 0 Å². The van der Waals surface area contributed by atoms with E-state index in [4.69, 9.17) is 11.6 Å². The molecule has 1 heterocycles. The summed E-state index contributed by atoms with van der Waals surface area (Å²) >= 11 is 5.42. The molecule has 0 aromatic rings. The van der Waals surface area contributed by atoms with Crippen LogP contribution >= 0.6 is 11.6 Å². The Morgan fingerprint density at radius 2 is 1.88 bits per heavy atom. The van der Waals surface area contributed by atoms with Crippen molar-refractivity contribution in [1.29, 1.82) is 0 Å². The predicted molar refractivity (Wildman–Crippen MR) is 45.8 cm³/mol. The highest BCUT2D eigenvalue weighted by Gasteiger charge is 2.57. The molecule has 1 aliphatic rings. The lowest BCUT2D eigenvalue weighted by Gasteiger charge is -2.29. The van der Waals surface area contributed by atoms with Crippen molar-refractivity contribution in [2.45, 2.75) is 30.3 Å². The Hall–Kier alpha value is -0.120. The normalized spacial score (nSPS) is 32.7. The van der Waals surface area contributed by atoms with E-state index in [1.165, 1.54) is 0 Å². The van der Waals surface area contributed by atoms with Gasteiger partial charge in [-0.1, -0.05) is 11.6 Å². The van der Waals surface area contributed by atoms with Crippen molar-refractivity contribution in [2.75, 3.05) is 6.54 Å². The SMILES string of the molecule is O=S(=O)(O[N+]1(F)CCCCC1Cl)C(F)(F)F. The number of halogens is 5. The second-order valence-corrected chi connectivity index (χ2v) is 5.36. The Bertz CT molecular complexity index is 359. The van der Waals surface area contributed by atoms with Gasteiger partial charge in [-0.2, -0.15) is 21.6 Å². The molecule has 0 aliphatic carbocycles. The molecular formula is C6H9ClF4NO3S+. The molecular weight excluding hydrogens is 278 g/mol. The molecule has 1 aliphatic heterocycles. The van der Waals surface area contributed by atoms with Crippen LogP contribution in [-0.4, -0.2) is 30.8 Å². The third-order valence-electron chi connectivity index (χ3n) is 2.08. The van der Waals surface area contributed by atoms with Gasteiger partial charge in [-0.05, 0) is 10.7 Å². The minimum Gasteiger partial charge on any atom is -0.184 e. The van der Waals surface area contributed by atoms with E-state index in [2.05, 4.69) is 4.28 Å². The summed E-state index contributed by atoms with van der Waals surface area (Å²) in [6.45, 7) is -0.524. The molecule has 0 aromatic carbocycles. The molecule has 1 rings (SSSR count). The Morgan fingerprint density at radius 3 is 2.31 bits per heavy atom.